The van der Waals surface area contributed by atoms with Crippen LogP contribution in [-0.4, -0.2) is 183 Å². The number of fused-ring (bicyclic) bond motifs is 2. The largest absolute Gasteiger partial charge is 1.00 e. The number of aliphatic carboxylic acids is 1. The number of ketones is 2. The summed E-state index contributed by atoms with van der Waals surface area (Å²) in [6.07, 6.45) is 5.36. The molecular formula is C75H107N12NaO13. The summed E-state index contributed by atoms with van der Waals surface area (Å²) in [5, 5.41) is 15.4. The van der Waals surface area contributed by atoms with E-state index in [2.05, 4.69) is 10.6 Å². The van der Waals surface area contributed by atoms with Gasteiger partial charge in [-0.1, -0.05) is 137 Å². The number of unbranched alkanes of at least 4 members (excludes halogenated alkanes) is 2. The Kier molecular flexibility index (Phi) is 33.4. The van der Waals surface area contributed by atoms with Crippen molar-refractivity contribution in [2.24, 2.45) is 58.1 Å². The molecule has 6 amide bonds. The van der Waals surface area contributed by atoms with E-state index in [0.717, 1.165) is 33.4 Å². The van der Waals surface area contributed by atoms with Gasteiger partial charge >= 0.3 is 41.5 Å². The first-order valence-electron chi connectivity index (χ1n) is 35.1. The van der Waals surface area contributed by atoms with Crippen molar-refractivity contribution >= 4 is 58.9 Å². The van der Waals surface area contributed by atoms with Crippen molar-refractivity contribution in [1.82, 2.24) is 30.2 Å². The molecule has 16 N–H and O–H groups in total. The predicted octanol–water partition coefficient (Wildman–Crippen LogP) is 0.435. The molecule has 10 atom stereocenters. The van der Waals surface area contributed by atoms with E-state index in [1.54, 1.807) is 9.80 Å². The van der Waals surface area contributed by atoms with Crippen LogP contribution in [0.4, 0.5) is 0 Å². The fraction of sp³-hybridized carbons (Fsp3) is 0.547. The molecule has 0 aromatic heterocycles. The first-order valence-corrected chi connectivity index (χ1v) is 35.1. The Labute approximate surface area is 616 Å². The number of likely N-dealkylation sites (tertiary alicyclic amines) is 2. The van der Waals surface area contributed by atoms with E-state index in [-0.39, 0.29) is 141 Å². The fourth-order valence-corrected chi connectivity index (χ4v) is 14.0. The van der Waals surface area contributed by atoms with E-state index in [1.807, 2.05) is 137 Å². The molecule has 4 aliphatic rings. The molecular weight excluding hydrogens is 1300 g/mol. The van der Waals surface area contributed by atoms with E-state index in [9.17, 15) is 53.1 Å². The number of hydrogen-bond acceptors (Lipinski definition) is 18. The monoisotopic (exact) mass is 1410 g/mol. The SMILES string of the molecule is CC(C)C[C@@H](CC(=O)[C@@H]1Cc2ccccc2CN1C(=O)[C@H](N)Cc1ccccc1)C(=O)N[C@H](CCCCN)C(=O)N1CCC(N)(C(=O)O)C1.COC(=O)C1(N)CCN(C(=O)[C@@H](CCCCN)NC(=O)[C@H](CC(=O)[C@@H]2Cc3ccccc3CN2C(=O)[C@H](N)Cc2ccccc2)CC(C)C)C1.[Na+].[OH-]. The molecule has 2 fully saturated rings. The van der Waals surface area contributed by atoms with Gasteiger partial charge in [0.15, 0.2) is 11.6 Å². The Balaban J connectivity index is 0.000000357. The maximum absolute atomic E-state index is 14.2. The summed E-state index contributed by atoms with van der Waals surface area (Å²) in [5.74, 6) is -5.80. The molecule has 4 aliphatic heterocycles. The van der Waals surface area contributed by atoms with Gasteiger partial charge < -0.3 is 80.0 Å². The molecule has 25 nitrogen and oxygen atoms in total. The second kappa shape index (κ2) is 39.9. The number of Topliss-reactive ketones (excluding diaryl/α,β-unsaturated/α-hetero) is 2. The number of hydrogen-bond donors (Lipinski definition) is 9. The molecule has 546 valence electrons. The predicted molar refractivity (Wildman–Crippen MR) is 378 cm³/mol. The van der Waals surface area contributed by atoms with Crippen LogP contribution in [0.2, 0.25) is 0 Å². The molecule has 4 heterocycles. The smallest absolute Gasteiger partial charge is 0.870 e. The Bertz CT molecular complexity index is 3440. The fourth-order valence-electron chi connectivity index (χ4n) is 14.0. The number of ether oxygens (including phenoxy) is 1. The summed E-state index contributed by atoms with van der Waals surface area (Å²) in [7, 11) is 1.26. The Morgan fingerprint density at radius 1 is 0.535 bits per heavy atom. The van der Waals surface area contributed by atoms with Gasteiger partial charge in [-0.15, -0.1) is 0 Å². The van der Waals surface area contributed by atoms with E-state index < -0.39 is 88.8 Å². The van der Waals surface area contributed by atoms with Gasteiger partial charge in [-0.2, -0.15) is 0 Å². The number of rotatable bonds is 32. The Morgan fingerprint density at radius 2 is 0.891 bits per heavy atom. The van der Waals surface area contributed by atoms with Crippen molar-refractivity contribution in [3.8, 4) is 0 Å². The van der Waals surface area contributed by atoms with E-state index in [1.165, 1.54) is 16.9 Å². The van der Waals surface area contributed by atoms with E-state index >= 15 is 0 Å². The number of nitrogens with two attached hydrogens (primary N) is 6. The molecule has 2 unspecified atom stereocenters. The molecule has 0 aliphatic carbocycles. The zero-order valence-electron chi connectivity index (χ0n) is 59.8. The third-order valence-electron chi connectivity index (χ3n) is 19.6. The quantitative estimate of drug-likeness (QED) is 0.0182. The van der Waals surface area contributed by atoms with Crippen LogP contribution in [0.5, 0.6) is 0 Å². The summed E-state index contributed by atoms with van der Waals surface area (Å²) in [4.78, 5) is 142. The van der Waals surface area contributed by atoms with Gasteiger partial charge in [0.25, 0.3) is 0 Å². The minimum Gasteiger partial charge on any atom is -0.870 e. The number of amides is 6. The van der Waals surface area contributed by atoms with E-state index in [4.69, 9.17) is 39.1 Å². The molecule has 26 heteroatoms. The number of carboxylic acids is 1. The van der Waals surface area contributed by atoms with Crippen LogP contribution in [0.3, 0.4) is 0 Å². The first-order chi connectivity index (χ1) is 47.2. The molecule has 0 saturated carbocycles. The molecule has 0 spiro atoms. The average molecular weight is 1410 g/mol. The molecule has 8 rings (SSSR count). The van der Waals surface area contributed by atoms with Crippen LogP contribution in [0, 0.1) is 23.7 Å². The van der Waals surface area contributed by atoms with Gasteiger partial charge in [0, 0.05) is 76.8 Å². The maximum atomic E-state index is 14.2. The van der Waals surface area contributed by atoms with Crippen molar-refractivity contribution in [3.63, 3.8) is 0 Å². The number of methoxy groups -OCH3 is 1. The number of carboxylic acid groups (broad SMARTS) is 1. The molecule has 0 radical (unpaired) electrons. The third-order valence-corrected chi connectivity index (χ3v) is 19.6. The third kappa shape index (κ3) is 23.4. The normalized spacial score (nSPS) is 20.2. The molecule has 2 saturated heterocycles. The Hall–Kier alpha value is -7.30. The van der Waals surface area contributed by atoms with Crippen molar-refractivity contribution in [1.29, 1.82) is 0 Å². The number of nitrogens with one attached hydrogen (secondary N) is 2. The van der Waals surface area contributed by atoms with Gasteiger partial charge in [0.05, 0.1) is 31.3 Å². The van der Waals surface area contributed by atoms with Crippen molar-refractivity contribution < 1.29 is 92.8 Å². The van der Waals surface area contributed by atoms with Gasteiger partial charge in [-0.25, -0.2) is 4.79 Å². The van der Waals surface area contributed by atoms with Crippen molar-refractivity contribution in [2.45, 2.75) is 191 Å². The van der Waals surface area contributed by atoms with Gasteiger partial charge in [0.1, 0.15) is 23.2 Å². The zero-order valence-corrected chi connectivity index (χ0v) is 61.8. The first kappa shape index (κ1) is 84.4. The van der Waals surface area contributed by atoms with Crippen LogP contribution in [0.25, 0.3) is 0 Å². The van der Waals surface area contributed by atoms with Crippen molar-refractivity contribution in [3.05, 3.63) is 143 Å². The molecule has 4 aromatic rings. The Morgan fingerprint density at radius 3 is 1.24 bits per heavy atom. The second-order valence-corrected chi connectivity index (χ2v) is 28.3. The second-order valence-electron chi connectivity index (χ2n) is 28.3. The van der Waals surface area contributed by atoms with Gasteiger partial charge in [0.2, 0.25) is 35.4 Å². The number of carbonyl (C=O) groups excluding carboxylic acids is 9. The van der Waals surface area contributed by atoms with Crippen molar-refractivity contribution in [2.75, 3.05) is 46.4 Å². The molecule has 0 bridgehead atoms. The van der Waals surface area contributed by atoms with Gasteiger partial charge in [-0.3, -0.25) is 43.2 Å². The minimum absolute atomic E-state index is 0. The number of carbonyl (C=O) groups is 10. The average Bonchev–Trinajstić information content (AvgIpc) is 1.76. The van der Waals surface area contributed by atoms with Crippen LogP contribution in [-0.2, 0) is 91.5 Å². The zero-order chi connectivity index (χ0) is 72.1. The summed E-state index contributed by atoms with van der Waals surface area (Å²) in [6.45, 7) is 9.45. The number of nitrogens with zero attached hydrogens (tertiary/aromatic N) is 4. The van der Waals surface area contributed by atoms with Crippen LogP contribution in [0.15, 0.2) is 109 Å². The summed E-state index contributed by atoms with van der Waals surface area (Å²) >= 11 is 0. The molecule has 101 heavy (non-hydrogen) atoms. The van der Waals surface area contributed by atoms with E-state index in [0.29, 0.717) is 90.1 Å². The summed E-state index contributed by atoms with van der Waals surface area (Å²) in [5.41, 5.74) is 39.5. The standard InChI is InChI=1S/C38H54N6O6.C37H52N6O6.Na.H2O/c1-25(2)19-29(34(46)42-31(15-9-10-17-39)36(48)43-18-16-38(41,24-43)37(49)50-3)22-33(45)32-21-27-13-7-8-14-28(27)23-44(32)35(47)30(40)20-26-11-5-4-6-12-26;1-24(2)18-28(33(45)41-30(14-8-9-16-38)35(47)42-17-15-37(40,23-42)36(48)49)21-32(44)31-20-26-12-6-7-13-27(26)22-43(31)34(46)29(39)19-25-10-4-3-5-11-25;;/h4-8,11-14,25,29-32H,9-10,15-24,39-41H2,1-3H3,(H,42,46);3-7,10-13,24,28-31H,8-9,14-23,38-40H2,1-2H3,(H,41,45)(H,48,49);;1H2/q;;+1;/p-1/t29-,30+,31+,32-,38?;28-,29+,30+,31-,37?;;/m00../s1. The summed E-state index contributed by atoms with van der Waals surface area (Å²) in [6, 6.07) is 29.4. The molecule has 4 aromatic carbocycles. The van der Waals surface area contributed by atoms with Crippen LogP contribution < -0.4 is 74.6 Å². The topological polar surface area (TPSA) is 423 Å². The number of esters is 1. The maximum Gasteiger partial charge on any atom is 1.00 e. The van der Waals surface area contributed by atoms with Crippen LogP contribution >= 0.6 is 0 Å². The van der Waals surface area contributed by atoms with Crippen LogP contribution in [0.1, 0.15) is 138 Å². The summed E-state index contributed by atoms with van der Waals surface area (Å²) < 4.78 is 4.86. The minimum atomic E-state index is -1.54. The van der Waals surface area contributed by atoms with Gasteiger partial charge in [-0.05, 0) is 135 Å². The number of benzene rings is 4.